The molecule has 3 N–H and O–H groups in total. The van der Waals surface area contributed by atoms with E-state index in [-0.39, 0.29) is 41.7 Å². The molecule has 28 heavy (non-hydrogen) atoms. The lowest BCUT2D eigenvalue weighted by atomic mass is 9.87. The Morgan fingerprint density at radius 2 is 1.86 bits per heavy atom. The summed E-state index contributed by atoms with van der Waals surface area (Å²) in [7, 11) is 0. The van der Waals surface area contributed by atoms with E-state index in [0.29, 0.717) is 25.3 Å². The first-order valence-corrected chi connectivity index (χ1v) is 10.6. The fourth-order valence-corrected chi connectivity index (χ4v) is 3.44. The standard InChI is InChI=1S/C19H34N2O6S/c1-13(22)10-16(24)28-9-8-20-15(23)6-7-21-17(25)14-11-18(2,3)12-26-19(4,5)27-14/h13-14,22H,6-12H2,1-5H3,(H,20,23)(H,21,25)/t13-,14+/m0/s1. The first-order chi connectivity index (χ1) is 12.9. The van der Waals surface area contributed by atoms with Crippen LogP contribution in [0.15, 0.2) is 0 Å². The van der Waals surface area contributed by atoms with Gasteiger partial charge in [-0.2, -0.15) is 0 Å². The molecular formula is C19H34N2O6S. The lowest BCUT2D eigenvalue weighted by molar-refractivity contribution is -0.223. The number of amides is 2. The number of aliphatic hydroxyl groups is 1. The van der Waals surface area contributed by atoms with Gasteiger partial charge in [0.15, 0.2) is 10.9 Å². The van der Waals surface area contributed by atoms with Crippen molar-refractivity contribution in [3.63, 3.8) is 0 Å². The molecule has 1 aliphatic heterocycles. The Bertz CT molecular complexity index is 533. The molecule has 2 amide bonds. The Kier molecular flexibility index (Phi) is 9.89. The van der Waals surface area contributed by atoms with Gasteiger partial charge in [-0.15, -0.1) is 0 Å². The molecule has 0 aromatic heterocycles. The van der Waals surface area contributed by atoms with Crippen LogP contribution in [0.1, 0.15) is 53.9 Å². The van der Waals surface area contributed by atoms with Crippen molar-refractivity contribution in [2.45, 2.75) is 71.9 Å². The van der Waals surface area contributed by atoms with E-state index < -0.39 is 18.0 Å². The SMILES string of the molecule is C[C@H](O)CC(=O)SCCNC(=O)CCNC(=O)[C@H]1CC(C)(C)COC(C)(C)O1. The first-order valence-electron chi connectivity index (χ1n) is 9.60. The van der Waals surface area contributed by atoms with Gasteiger partial charge in [0.2, 0.25) is 11.8 Å². The zero-order valence-corrected chi connectivity index (χ0v) is 18.3. The number of nitrogens with one attached hydrogen (secondary N) is 2. The molecule has 0 spiro atoms. The van der Waals surface area contributed by atoms with Crippen molar-refractivity contribution >= 4 is 28.7 Å². The summed E-state index contributed by atoms with van der Waals surface area (Å²) < 4.78 is 11.5. The van der Waals surface area contributed by atoms with E-state index >= 15 is 0 Å². The Balaban J connectivity index is 2.27. The normalized spacial score (nSPS) is 22.0. The number of carbonyl (C=O) groups is 3. The van der Waals surface area contributed by atoms with Crippen LogP contribution >= 0.6 is 11.8 Å². The minimum atomic E-state index is -0.837. The maximum Gasteiger partial charge on any atom is 0.249 e. The zero-order valence-electron chi connectivity index (χ0n) is 17.5. The van der Waals surface area contributed by atoms with Crippen molar-refractivity contribution in [1.29, 1.82) is 0 Å². The van der Waals surface area contributed by atoms with E-state index in [1.807, 2.05) is 13.8 Å². The largest absolute Gasteiger partial charge is 0.393 e. The van der Waals surface area contributed by atoms with Crippen LogP contribution in [-0.2, 0) is 23.9 Å². The van der Waals surface area contributed by atoms with E-state index in [0.717, 1.165) is 11.8 Å². The van der Waals surface area contributed by atoms with Crippen LogP contribution in [0, 0.1) is 5.41 Å². The molecule has 8 nitrogen and oxygen atoms in total. The predicted octanol–water partition coefficient (Wildman–Crippen LogP) is 1.21. The van der Waals surface area contributed by atoms with Gasteiger partial charge >= 0.3 is 0 Å². The van der Waals surface area contributed by atoms with Crippen molar-refractivity contribution in [2.75, 3.05) is 25.4 Å². The zero-order chi connectivity index (χ0) is 21.4. The summed E-state index contributed by atoms with van der Waals surface area (Å²) >= 11 is 1.08. The molecule has 2 atom stereocenters. The molecular weight excluding hydrogens is 384 g/mol. The van der Waals surface area contributed by atoms with Crippen molar-refractivity contribution < 1.29 is 29.0 Å². The van der Waals surface area contributed by atoms with Gasteiger partial charge in [-0.05, 0) is 32.6 Å². The second kappa shape index (κ2) is 11.1. The quantitative estimate of drug-likeness (QED) is 0.482. The molecule has 0 unspecified atom stereocenters. The van der Waals surface area contributed by atoms with Gasteiger partial charge in [-0.3, -0.25) is 14.4 Å². The summed E-state index contributed by atoms with van der Waals surface area (Å²) in [6, 6.07) is 0. The van der Waals surface area contributed by atoms with Crippen molar-refractivity contribution in [2.24, 2.45) is 5.41 Å². The van der Waals surface area contributed by atoms with Gasteiger partial charge in [0.25, 0.3) is 0 Å². The van der Waals surface area contributed by atoms with Crippen molar-refractivity contribution in [3.05, 3.63) is 0 Å². The van der Waals surface area contributed by atoms with Crippen LogP contribution in [0.4, 0.5) is 0 Å². The van der Waals surface area contributed by atoms with Crippen LogP contribution in [0.5, 0.6) is 0 Å². The van der Waals surface area contributed by atoms with Gasteiger partial charge in [-0.1, -0.05) is 25.6 Å². The molecule has 162 valence electrons. The molecule has 9 heteroatoms. The van der Waals surface area contributed by atoms with Crippen LogP contribution < -0.4 is 10.6 Å². The molecule has 0 bridgehead atoms. The Labute approximate surface area is 171 Å². The van der Waals surface area contributed by atoms with E-state index in [4.69, 9.17) is 14.6 Å². The lowest BCUT2D eigenvalue weighted by Gasteiger charge is -2.26. The number of rotatable bonds is 9. The molecule has 0 aromatic carbocycles. The van der Waals surface area contributed by atoms with Gasteiger partial charge in [0.05, 0.1) is 12.7 Å². The number of carbonyl (C=O) groups excluding carboxylic acids is 3. The topological polar surface area (TPSA) is 114 Å². The minimum Gasteiger partial charge on any atom is -0.393 e. The monoisotopic (exact) mass is 418 g/mol. The average molecular weight is 419 g/mol. The Morgan fingerprint density at radius 3 is 2.50 bits per heavy atom. The van der Waals surface area contributed by atoms with Crippen molar-refractivity contribution in [1.82, 2.24) is 10.6 Å². The molecule has 0 radical (unpaired) electrons. The summed E-state index contributed by atoms with van der Waals surface area (Å²) in [5, 5.41) is 14.5. The highest BCUT2D eigenvalue weighted by atomic mass is 32.2. The van der Waals surface area contributed by atoms with Crippen LogP contribution in [-0.4, -0.2) is 65.5 Å². The van der Waals surface area contributed by atoms with Gasteiger partial charge in [0, 0.05) is 31.7 Å². The van der Waals surface area contributed by atoms with E-state index in [9.17, 15) is 14.4 Å². The van der Waals surface area contributed by atoms with E-state index in [1.165, 1.54) is 0 Å². The molecule has 1 aliphatic rings. The second-order valence-corrected chi connectivity index (χ2v) is 9.48. The third kappa shape index (κ3) is 10.4. The highest BCUT2D eigenvalue weighted by Crippen LogP contribution is 2.32. The van der Waals surface area contributed by atoms with E-state index in [2.05, 4.69) is 10.6 Å². The second-order valence-electron chi connectivity index (χ2n) is 8.33. The van der Waals surface area contributed by atoms with Crippen LogP contribution in [0.3, 0.4) is 0 Å². The number of hydrogen-bond donors (Lipinski definition) is 3. The number of ether oxygens (including phenoxy) is 2. The fraction of sp³-hybridized carbons (Fsp3) is 0.842. The molecule has 1 heterocycles. The average Bonchev–Trinajstić information content (AvgIpc) is 2.66. The third-order valence-electron chi connectivity index (χ3n) is 4.07. The molecule has 1 saturated heterocycles. The summed E-state index contributed by atoms with van der Waals surface area (Å²) in [4.78, 5) is 35.7. The van der Waals surface area contributed by atoms with Crippen molar-refractivity contribution in [3.8, 4) is 0 Å². The minimum absolute atomic E-state index is 0.102. The van der Waals surface area contributed by atoms with Gasteiger partial charge < -0.3 is 25.2 Å². The highest BCUT2D eigenvalue weighted by Gasteiger charge is 2.38. The van der Waals surface area contributed by atoms with E-state index in [1.54, 1.807) is 20.8 Å². The smallest absolute Gasteiger partial charge is 0.249 e. The van der Waals surface area contributed by atoms with Crippen LogP contribution in [0.2, 0.25) is 0 Å². The molecule has 1 rings (SSSR count). The first kappa shape index (κ1) is 24.9. The molecule has 0 aliphatic carbocycles. The fourth-order valence-electron chi connectivity index (χ4n) is 2.65. The van der Waals surface area contributed by atoms with Crippen LogP contribution in [0.25, 0.3) is 0 Å². The number of aliphatic hydroxyl groups excluding tert-OH is 1. The lowest BCUT2D eigenvalue weighted by Crippen LogP contribution is -2.43. The molecule has 0 aromatic rings. The predicted molar refractivity (Wildman–Crippen MR) is 108 cm³/mol. The Hall–Kier alpha value is -1.16. The summed E-state index contributed by atoms with van der Waals surface area (Å²) in [5.74, 6) is -0.840. The summed E-state index contributed by atoms with van der Waals surface area (Å²) in [6.45, 7) is 10.2. The maximum atomic E-state index is 12.4. The number of thioether (sulfide) groups is 1. The molecule has 1 fully saturated rings. The third-order valence-corrected chi connectivity index (χ3v) is 4.96. The summed E-state index contributed by atoms with van der Waals surface area (Å²) in [6.07, 6.45) is -0.502. The Morgan fingerprint density at radius 1 is 1.18 bits per heavy atom. The van der Waals surface area contributed by atoms with Gasteiger partial charge in [-0.25, -0.2) is 0 Å². The van der Waals surface area contributed by atoms with Gasteiger partial charge in [0.1, 0.15) is 6.10 Å². The highest BCUT2D eigenvalue weighted by molar-refractivity contribution is 8.13. The summed E-state index contributed by atoms with van der Waals surface area (Å²) in [5.41, 5.74) is -0.184. The maximum absolute atomic E-state index is 12.4. The molecule has 0 saturated carbocycles. The number of hydrogen-bond acceptors (Lipinski definition) is 7.